The molecule has 0 aliphatic rings. The van der Waals surface area contributed by atoms with Crippen LogP contribution in [0.2, 0.25) is 0 Å². The summed E-state index contributed by atoms with van der Waals surface area (Å²) in [5, 5.41) is 11.0. The average Bonchev–Trinajstić information content (AvgIpc) is 2.20. The summed E-state index contributed by atoms with van der Waals surface area (Å²) in [5.41, 5.74) is 3.29. The number of hydrogen-bond acceptors (Lipinski definition) is 1. The maximum Gasteiger partial charge on any atom is 0.0692 e. The smallest absolute Gasteiger partial charge is 0.0692 e. The fourth-order valence-electron chi connectivity index (χ4n) is 3.09. The quantitative estimate of drug-likeness (QED) is 0.790. The van der Waals surface area contributed by atoms with Crippen molar-refractivity contribution >= 4 is 0 Å². The molecule has 1 heteroatoms. The highest BCUT2D eigenvalue weighted by molar-refractivity contribution is 5.31. The molecule has 19 heavy (non-hydrogen) atoms. The Morgan fingerprint density at radius 3 is 2.00 bits per heavy atom. The molecule has 0 amide bonds. The molecular formula is C18H30O. The van der Waals surface area contributed by atoms with Gasteiger partial charge in [0, 0.05) is 6.42 Å². The molecule has 1 aromatic rings. The van der Waals surface area contributed by atoms with Crippen LogP contribution in [0.5, 0.6) is 0 Å². The second kappa shape index (κ2) is 6.56. The molecule has 1 N–H and O–H groups in total. The summed E-state index contributed by atoms with van der Waals surface area (Å²) >= 11 is 0. The molecule has 108 valence electrons. The van der Waals surface area contributed by atoms with E-state index in [-0.39, 0.29) is 0 Å². The van der Waals surface area contributed by atoms with E-state index in [1.54, 1.807) is 0 Å². The van der Waals surface area contributed by atoms with Crippen LogP contribution >= 0.6 is 0 Å². The van der Waals surface area contributed by atoms with Gasteiger partial charge >= 0.3 is 0 Å². The number of aliphatic hydroxyl groups is 1. The summed E-state index contributed by atoms with van der Waals surface area (Å²) < 4.78 is 0. The first kappa shape index (κ1) is 16.2. The zero-order chi connectivity index (χ0) is 14.6. The Balaban J connectivity index is 2.96. The summed E-state index contributed by atoms with van der Waals surface area (Å²) in [6, 6.07) is 6.53. The fourth-order valence-corrected chi connectivity index (χ4v) is 3.09. The SMILES string of the molecule is Cc1ccc(C)c(CC(O)(CC(C)C)CC(C)C)c1. The van der Waals surface area contributed by atoms with Gasteiger partial charge in [0.25, 0.3) is 0 Å². The van der Waals surface area contributed by atoms with Gasteiger partial charge in [-0.3, -0.25) is 0 Å². The maximum atomic E-state index is 11.0. The van der Waals surface area contributed by atoms with E-state index in [2.05, 4.69) is 59.7 Å². The molecule has 0 bridgehead atoms. The van der Waals surface area contributed by atoms with Crippen LogP contribution in [-0.4, -0.2) is 10.7 Å². The summed E-state index contributed by atoms with van der Waals surface area (Å²) in [6.07, 6.45) is 2.52. The first-order valence-electron chi connectivity index (χ1n) is 7.50. The Morgan fingerprint density at radius 1 is 1.00 bits per heavy atom. The minimum atomic E-state index is -0.569. The molecule has 0 aliphatic heterocycles. The Kier molecular flexibility index (Phi) is 5.61. The van der Waals surface area contributed by atoms with E-state index in [1.165, 1.54) is 16.7 Å². The number of benzene rings is 1. The summed E-state index contributed by atoms with van der Waals surface area (Å²) in [6.45, 7) is 13.0. The van der Waals surface area contributed by atoms with Crippen LogP contribution in [0, 0.1) is 25.7 Å². The zero-order valence-electron chi connectivity index (χ0n) is 13.5. The predicted molar refractivity (Wildman–Crippen MR) is 83.5 cm³/mol. The van der Waals surface area contributed by atoms with Crippen LogP contribution < -0.4 is 0 Å². The number of hydrogen-bond donors (Lipinski definition) is 1. The molecule has 0 saturated carbocycles. The Bertz CT molecular complexity index is 394. The van der Waals surface area contributed by atoms with Gasteiger partial charge < -0.3 is 5.11 Å². The molecule has 0 spiro atoms. The van der Waals surface area contributed by atoms with Crippen LogP contribution in [0.3, 0.4) is 0 Å². The Hall–Kier alpha value is -0.820. The third-order valence-electron chi connectivity index (χ3n) is 3.60. The van der Waals surface area contributed by atoms with Crippen molar-refractivity contribution in [2.24, 2.45) is 11.8 Å². The van der Waals surface area contributed by atoms with Crippen molar-refractivity contribution in [3.8, 4) is 0 Å². The lowest BCUT2D eigenvalue weighted by Gasteiger charge is -2.32. The van der Waals surface area contributed by atoms with Crippen LogP contribution in [0.25, 0.3) is 0 Å². The van der Waals surface area contributed by atoms with E-state index >= 15 is 0 Å². The highest BCUT2D eigenvalue weighted by Crippen LogP contribution is 2.30. The van der Waals surface area contributed by atoms with Gasteiger partial charge in [0.1, 0.15) is 0 Å². The van der Waals surface area contributed by atoms with E-state index < -0.39 is 5.60 Å². The summed E-state index contributed by atoms with van der Waals surface area (Å²) in [7, 11) is 0. The third kappa shape index (κ3) is 5.36. The van der Waals surface area contributed by atoms with Gasteiger partial charge in [-0.2, -0.15) is 0 Å². The van der Waals surface area contributed by atoms with Crippen molar-refractivity contribution < 1.29 is 5.11 Å². The minimum absolute atomic E-state index is 0.522. The number of rotatable bonds is 6. The van der Waals surface area contributed by atoms with Gasteiger partial charge in [-0.1, -0.05) is 51.5 Å². The van der Waals surface area contributed by atoms with Crippen molar-refractivity contribution in [1.82, 2.24) is 0 Å². The van der Waals surface area contributed by atoms with Gasteiger partial charge in [0.15, 0.2) is 0 Å². The monoisotopic (exact) mass is 262 g/mol. The summed E-state index contributed by atoms with van der Waals surface area (Å²) in [5.74, 6) is 1.04. The van der Waals surface area contributed by atoms with Crippen molar-refractivity contribution in [1.29, 1.82) is 0 Å². The van der Waals surface area contributed by atoms with Crippen molar-refractivity contribution in [2.75, 3.05) is 0 Å². The molecule has 0 aliphatic carbocycles. The van der Waals surface area contributed by atoms with Crippen molar-refractivity contribution in [2.45, 2.75) is 66.4 Å². The van der Waals surface area contributed by atoms with E-state index in [9.17, 15) is 5.11 Å². The van der Waals surface area contributed by atoms with Crippen molar-refractivity contribution in [3.63, 3.8) is 0 Å². The van der Waals surface area contributed by atoms with E-state index in [0.29, 0.717) is 11.8 Å². The zero-order valence-corrected chi connectivity index (χ0v) is 13.5. The lowest BCUT2D eigenvalue weighted by Crippen LogP contribution is -2.35. The summed E-state index contributed by atoms with van der Waals surface area (Å²) in [4.78, 5) is 0. The average molecular weight is 262 g/mol. The van der Waals surface area contributed by atoms with Crippen molar-refractivity contribution in [3.05, 3.63) is 34.9 Å². The predicted octanol–water partition coefficient (Wildman–Crippen LogP) is 4.67. The molecule has 0 saturated heterocycles. The molecule has 1 aromatic carbocycles. The topological polar surface area (TPSA) is 20.2 Å². The molecule has 0 fully saturated rings. The molecule has 0 radical (unpaired) electrons. The Morgan fingerprint density at radius 2 is 1.53 bits per heavy atom. The maximum absolute atomic E-state index is 11.0. The minimum Gasteiger partial charge on any atom is -0.390 e. The second-order valence-electron chi connectivity index (χ2n) is 7.03. The van der Waals surface area contributed by atoms with Crippen LogP contribution in [-0.2, 0) is 6.42 Å². The van der Waals surface area contributed by atoms with Crippen LogP contribution in [0.4, 0.5) is 0 Å². The van der Waals surface area contributed by atoms with Crippen LogP contribution in [0.1, 0.15) is 57.2 Å². The normalized spacial score (nSPS) is 12.5. The van der Waals surface area contributed by atoms with E-state index in [1.807, 2.05) is 0 Å². The van der Waals surface area contributed by atoms with E-state index in [0.717, 1.165) is 19.3 Å². The molecule has 0 heterocycles. The first-order chi connectivity index (χ1) is 8.72. The number of aryl methyl sites for hydroxylation is 2. The lowest BCUT2D eigenvalue weighted by molar-refractivity contribution is 0.000613. The second-order valence-corrected chi connectivity index (χ2v) is 7.03. The standard InChI is InChI=1S/C18H30O/c1-13(2)10-18(19,11-14(3)4)12-17-9-15(5)7-8-16(17)6/h7-9,13-14,19H,10-12H2,1-6H3. The van der Waals surface area contributed by atoms with Gasteiger partial charge in [0.05, 0.1) is 5.60 Å². The van der Waals surface area contributed by atoms with Gasteiger partial charge in [0.2, 0.25) is 0 Å². The highest BCUT2D eigenvalue weighted by atomic mass is 16.3. The van der Waals surface area contributed by atoms with Gasteiger partial charge in [-0.25, -0.2) is 0 Å². The van der Waals surface area contributed by atoms with Gasteiger partial charge in [-0.15, -0.1) is 0 Å². The fraction of sp³-hybridized carbons (Fsp3) is 0.667. The molecule has 1 nitrogen and oxygen atoms in total. The van der Waals surface area contributed by atoms with Crippen LogP contribution in [0.15, 0.2) is 18.2 Å². The highest BCUT2D eigenvalue weighted by Gasteiger charge is 2.29. The molecule has 1 rings (SSSR count). The first-order valence-corrected chi connectivity index (χ1v) is 7.50. The van der Waals surface area contributed by atoms with E-state index in [4.69, 9.17) is 0 Å². The Labute approximate surface area is 119 Å². The molecule has 0 atom stereocenters. The third-order valence-corrected chi connectivity index (χ3v) is 3.60. The van der Waals surface area contributed by atoms with Gasteiger partial charge in [-0.05, 0) is 49.7 Å². The largest absolute Gasteiger partial charge is 0.390 e. The molecule has 0 unspecified atom stereocenters. The molecule has 0 aromatic heterocycles. The lowest BCUT2D eigenvalue weighted by atomic mass is 9.79. The molecular weight excluding hydrogens is 232 g/mol.